The SMILES string of the molecule is COc1c(NCCNC(=O)CCCCCO[C@@H]2O[C@H](CO)[C@@H](O[C@@H]3O[C@H](CO)[C@H](O)[C@H](O)[C@H]3O)[C@H](O)[C@H]2O)c(=O)c1=O. The minimum absolute atomic E-state index is 0.0256. The molecular weight excluding hydrogens is 568 g/mol. The van der Waals surface area contributed by atoms with Gasteiger partial charge < -0.3 is 70.1 Å². The number of carbonyl (C=O) groups excluding carboxylic acids is 1. The predicted octanol–water partition coefficient (Wildman–Crippen LogP) is -4.98. The van der Waals surface area contributed by atoms with E-state index in [9.17, 15) is 50.1 Å². The number of carbonyl (C=O) groups is 1. The molecule has 1 amide bonds. The molecule has 1 aromatic rings. The highest BCUT2D eigenvalue weighted by atomic mass is 16.7. The molecule has 9 N–H and O–H groups in total. The maximum absolute atomic E-state index is 12.0. The van der Waals surface area contributed by atoms with Gasteiger partial charge in [-0.3, -0.25) is 14.4 Å². The molecule has 42 heavy (non-hydrogen) atoms. The Kier molecular flexibility index (Phi) is 13.0. The van der Waals surface area contributed by atoms with E-state index in [0.717, 1.165) is 0 Å². The second-order valence-electron chi connectivity index (χ2n) is 10.0. The molecule has 2 heterocycles. The van der Waals surface area contributed by atoms with E-state index in [4.69, 9.17) is 23.7 Å². The fraction of sp³-hybridized carbons (Fsp3) is 0.800. The van der Waals surface area contributed by atoms with E-state index >= 15 is 0 Å². The number of hydrogen-bond acceptors (Lipinski definition) is 16. The minimum atomic E-state index is -1.76. The van der Waals surface area contributed by atoms with Gasteiger partial charge in [0.25, 0.3) is 10.9 Å². The number of amides is 1. The van der Waals surface area contributed by atoms with Crippen LogP contribution >= 0.6 is 0 Å². The molecule has 0 saturated carbocycles. The van der Waals surface area contributed by atoms with Crippen molar-refractivity contribution in [3.63, 3.8) is 0 Å². The van der Waals surface area contributed by atoms with Crippen LogP contribution in [0.15, 0.2) is 9.59 Å². The molecule has 0 bridgehead atoms. The van der Waals surface area contributed by atoms with E-state index in [2.05, 4.69) is 10.6 Å². The van der Waals surface area contributed by atoms with Crippen LogP contribution in [0.4, 0.5) is 5.69 Å². The Labute approximate surface area is 240 Å². The van der Waals surface area contributed by atoms with Crippen LogP contribution in [-0.4, -0.2) is 143 Å². The number of methoxy groups -OCH3 is 1. The molecule has 240 valence electrons. The van der Waals surface area contributed by atoms with Gasteiger partial charge in [0, 0.05) is 26.1 Å². The van der Waals surface area contributed by atoms with Crippen molar-refractivity contribution in [2.45, 2.75) is 87.1 Å². The summed E-state index contributed by atoms with van der Waals surface area (Å²) in [7, 11) is 1.29. The summed E-state index contributed by atoms with van der Waals surface area (Å²) in [5, 5.41) is 75.7. The number of anilines is 1. The van der Waals surface area contributed by atoms with Crippen molar-refractivity contribution in [1.82, 2.24) is 5.32 Å². The van der Waals surface area contributed by atoms with Gasteiger partial charge in [0.1, 0.15) is 54.5 Å². The van der Waals surface area contributed by atoms with E-state index < -0.39 is 85.5 Å². The highest BCUT2D eigenvalue weighted by molar-refractivity contribution is 5.75. The second-order valence-corrected chi connectivity index (χ2v) is 10.0. The lowest BCUT2D eigenvalue weighted by Gasteiger charge is -2.45. The van der Waals surface area contributed by atoms with Gasteiger partial charge in [-0.15, -0.1) is 0 Å². The Bertz CT molecular complexity index is 1060. The number of nitrogens with one attached hydrogen (secondary N) is 2. The maximum atomic E-state index is 12.0. The van der Waals surface area contributed by atoms with Crippen molar-refractivity contribution in [3.05, 3.63) is 20.4 Å². The highest BCUT2D eigenvalue weighted by Gasteiger charge is 2.50. The number of aliphatic hydroxyl groups excluding tert-OH is 7. The smallest absolute Gasteiger partial charge is 0.271 e. The molecule has 2 fully saturated rings. The molecule has 0 aliphatic carbocycles. The molecule has 3 rings (SSSR count). The molecule has 17 nitrogen and oxygen atoms in total. The van der Waals surface area contributed by atoms with Crippen molar-refractivity contribution >= 4 is 11.6 Å². The first-order valence-corrected chi connectivity index (χ1v) is 13.6. The molecule has 17 heteroatoms. The van der Waals surface area contributed by atoms with Crippen LogP contribution in [0.25, 0.3) is 0 Å². The Balaban J connectivity index is 1.33. The third kappa shape index (κ3) is 8.00. The van der Waals surface area contributed by atoms with Crippen molar-refractivity contribution in [2.24, 2.45) is 0 Å². The Morgan fingerprint density at radius 1 is 0.810 bits per heavy atom. The molecule has 0 unspecified atom stereocenters. The monoisotopic (exact) mass is 608 g/mol. The van der Waals surface area contributed by atoms with Crippen LogP contribution in [0.2, 0.25) is 0 Å². The third-order valence-corrected chi connectivity index (χ3v) is 7.11. The quantitative estimate of drug-likeness (QED) is 0.0628. The van der Waals surface area contributed by atoms with Gasteiger partial charge in [-0.05, 0) is 12.8 Å². The summed E-state index contributed by atoms with van der Waals surface area (Å²) in [6.45, 7) is -0.799. The predicted molar refractivity (Wildman–Crippen MR) is 140 cm³/mol. The molecule has 0 radical (unpaired) electrons. The van der Waals surface area contributed by atoms with Crippen LogP contribution in [0.5, 0.6) is 5.75 Å². The van der Waals surface area contributed by atoms with Gasteiger partial charge in [0.15, 0.2) is 18.3 Å². The first-order chi connectivity index (χ1) is 20.0. The second kappa shape index (κ2) is 16.0. The number of ether oxygens (including phenoxy) is 5. The van der Waals surface area contributed by atoms with Gasteiger partial charge in [0.2, 0.25) is 5.91 Å². The van der Waals surface area contributed by atoms with Gasteiger partial charge >= 0.3 is 0 Å². The summed E-state index contributed by atoms with van der Waals surface area (Å²) in [4.78, 5) is 34.7. The highest BCUT2D eigenvalue weighted by Crippen LogP contribution is 2.29. The first kappa shape index (κ1) is 34.2. The molecule has 2 aliphatic heterocycles. The van der Waals surface area contributed by atoms with Crippen LogP contribution in [0.3, 0.4) is 0 Å². The maximum Gasteiger partial charge on any atom is 0.271 e. The van der Waals surface area contributed by atoms with Crippen molar-refractivity contribution in [1.29, 1.82) is 0 Å². The molecule has 2 aliphatic rings. The van der Waals surface area contributed by atoms with Gasteiger partial charge in [-0.2, -0.15) is 0 Å². The topological polar surface area (TPSA) is 263 Å². The summed E-state index contributed by atoms with van der Waals surface area (Å²) in [5.74, 6) is -0.234. The number of aliphatic hydroxyl groups is 7. The summed E-state index contributed by atoms with van der Waals surface area (Å²) >= 11 is 0. The minimum Gasteiger partial charge on any atom is -0.491 e. The lowest BCUT2D eigenvalue weighted by Crippen LogP contribution is -2.64. The molecule has 0 spiro atoms. The number of hydrogen-bond donors (Lipinski definition) is 9. The largest absolute Gasteiger partial charge is 0.491 e. The Morgan fingerprint density at radius 3 is 2.14 bits per heavy atom. The van der Waals surface area contributed by atoms with Gasteiger partial charge in [-0.25, -0.2) is 0 Å². The number of rotatable bonds is 16. The number of unbranched alkanes of at least 4 members (excludes halogenated alkanes) is 2. The zero-order chi connectivity index (χ0) is 31.0. The van der Waals surface area contributed by atoms with Crippen molar-refractivity contribution in [3.8, 4) is 5.75 Å². The fourth-order valence-electron chi connectivity index (χ4n) is 4.66. The fourth-order valence-corrected chi connectivity index (χ4v) is 4.66. The zero-order valence-corrected chi connectivity index (χ0v) is 23.0. The van der Waals surface area contributed by atoms with Gasteiger partial charge in [-0.1, -0.05) is 6.42 Å². The molecule has 2 saturated heterocycles. The standard InChI is InChI=1S/C25H40N2O15/c1-38-23-14(16(32)18(23)34)27-7-6-26-13(30)5-3-2-4-8-39-24-21(37)19(35)22(12(10-29)41-24)42-25-20(36)17(33)15(31)11(9-28)40-25/h11-12,15,17,19-22,24-25,27-29,31,33,35-37H,2-10H2,1H3,(H,26,30)/t11-,12-,15+,17+,19-,20-,21-,22-,24-,25+/m1/s1. The summed E-state index contributed by atoms with van der Waals surface area (Å²) in [6, 6.07) is 0. The first-order valence-electron chi connectivity index (χ1n) is 13.6. The van der Waals surface area contributed by atoms with Gasteiger partial charge in [0.05, 0.1) is 20.3 Å². The van der Waals surface area contributed by atoms with E-state index in [1.54, 1.807) is 0 Å². The average molecular weight is 609 g/mol. The third-order valence-electron chi connectivity index (χ3n) is 7.11. The van der Waals surface area contributed by atoms with Crippen LogP contribution in [0, 0.1) is 0 Å². The van der Waals surface area contributed by atoms with Crippen LogP contribution in [0.1, 0.15) is 25.7 Å². The lowest BCUT2D eigenvalue weighted by molar-refractivity contribution is -0.359. The van der Waals surface area contributed by atoms with E-state index in [1.165, 1.54) is 7.11 Å². The van der Waals surface area contributed by atoms with Crippen molar-refractivity contribution < 1.29 is 64.2 Å². The summed E-state index contributed by atoms with van der Waals surface area (Å²) in [6.07, 6.45) is -13.4. The van der Waals surface area contributed by atoms with E-state index in [1.807, 2.05) is 0 Å². The molecule has 1 aromatic carbocycles. The molecular formula is C25H40N2O15. The molecule has 0 aromatic heterocycles. The summed E-state index contributed by atoms with van der Waals surface area (Å²) < 4.78 is 26.6. The molecule has 10 atom stereocenters. The Hall–Kier alpha value is -2.29. The van der Waals surface area contributed by atoms with E-state index in [-0.39, 0.29) is 43.5 Å². The van der Waals surface area contributed by atoms with Crippen LogP contribution < -0.4 is 26.2 Å². The average Bonchev–Trinajstić information content (AvgIpc) is 2.99. The Morgan fingerprint density at radius 2 is 1.48 bits per heavy atom. The van der Waals surface area contributed by atoms with E-state index in [0.29, 0.717) is 19.3 Å². The summed E-state index contributed by atoms with van der Waals surface area (Å²) in [5.41, 5.74) is -1.25. The zero-order valence-electron chi connectivity index (χ0n) is 23.0. The van der Waals surface area contributed by atoms with Crippen LogP contribution in [-0.2, 0) is 23.7 Å². The normalized spacial score (nSPS) is 33.4. The van der Waals surface area contributed by atoms with Crippen molar-refractivity contribution in [2.75, 3.05) is 45.3 Å². The lowest BCUT2D eigenvalue weighted by atomic mass is 9.97.